The van der Waals surface area contributed by atoms with E-state index in [9.17, 15) is 24.0 Å². The van der Waals surface area contributed by atoms with Crippen molar-refractivity contribution in [2.24, 2.45) is 0 Å². The van der Waals surface area contributed by atoms with E-state index in [2.05, 4.69) is 10.6 Å². The van der Waals surface area contributed by atoms with Crippen molar-refractivity contribution in [3.63, 3.8) is 0 Å². The Balaban J connectivity index is 1.58. The third-order valence-corrected chi connectivity index (χ3v) is 5.35. The van der Waals surface area contributed by atoms with Crippen LogP contribution in [0.3, 0.4) is 0 Å². The quantitative estimate of drug-likeness (QED) is 0.393. The Bertz CT molecular complexity index is 881. The second-order valence-corrected chi connectivity index (χ2v) is 7.51. The molecule has 30 heavy (non-hydrogen) atoms. The van der Waals surface area contributed by atoms with Crippen LogP contribution in [0.2, 0.25) is 0 Å². The number of unbranched alkanes of at least 4 members (excludes halogenated alkanes) is 4. The summed E-state index contributed by atoms with van der Waals surface area (Å²) in [5, 5.41) is 14.0. The van der Waals surface area contributed by atoms with Crippen LogP contribution in [0, 0.1) is 0 Å². The molecule has 2 aliphatic heterocycles. The summed E-state index contributed by atoms with van der Waals surface area (Å²) < 4.78 is 0. The Labute approximate surface area is 173 Å². The van der Waals surface area contributed by atoms with E-state index in [1.165, 1.54) is 0 Å². The summed E-state index contributed by atoms with van der Waals surface area (Å²) in [5.41, 5.74) is 1.06. The number of fused-ring (bicyclic) bond motifs is 1. The molecule has 1 unspecified atom stereocenters. The normalized spacial score (nSPS) is 18.4. The molecule has 1 saturated heterocycles. The highest BCUT2D eigenvalue weighted by atomic mass is 16.4. The number of imide groups is 2. The number of benzene rings is 1. The molecule has 3 N–H and O–H groups in total. The summed E-state index contributed by atoms with van der Waals surface area (Å²) in [6, 6.07) is 4.00. The molecular weight excluding hydrogens is 390 g/mol. The zero-order valence-electron chi connectivity index (χ0n) is 16.6. The Morgan fingerprint density at radius 2 is 1.80 bits per heavy atom. The zero-order valence-corrected chi connectivity index (χ0v) is 16.6. The highest BCUT2D eigenvalue weighted by Crippen LogP contribution is 2.32. The largest absolute Gasteiger partial charge is 0.481 e. The number of carbonyl (C=O) groups excluding carboxylic acids is 4. The molecule has 1 aromatic carbocycles. The van der Waals surface area contributed by atoms with Gasteiger partial charge in [0, 0.05) is 25.1 Å². The van der Waals surface area contributed by atoms with Crippen molar-refractivity contribution >= 4 is 35.3 Å². The van der Waals surface area contributed by atoms with Crippen molar-refractivity contribution in [3.8, 4) is 0 Å². The van der Waals surface area contributed by atoms with E-state index in [4.69, 9.17) is 5.11 Å². The molecule has 1 fully saturated rings. The third kappa shape index (κ3) is 4.67. The molecule has 0 bridgehead atoms. The van der Waals surface area contributed by atoms with Crippen LogP contribution in [0.25, 0.3) is 0 Å². The molecule has 3 rings (SSSR count). The molecule has 1 aromatic rings. The number of nitrogens with one attached hydrogen (secondary N) is 2. The standard InChI is InChI=1S/C21H25N3O6/c25-16-11-10-15(19(28)23-16)24-20(29)13-7-6-8-14(18(13)21(24)30)22-12-5-3-1-2-4-9-17(26)27/h6-8,15,22H,1-5,9-12H2,(H,26,27)(H,23,25,28). The van der Waals surface area contributed by atoms with Crippen LogP contribution in [-0.2, 0) is 14.4 Å². The van der Waals surface area contributed by atoms with E-state index in [1.807, 2.05) is 0 Å². The monoisotopic (exact) mass is 415 g/mol. The maximum atomic E-state index is 13.0. The van der Waals surface area contributed by atoms with Crippen LogP contribution in [0.15, 0.2) is 18.2 Å². The van der Waals surface area contributed by atoms with Gasteiger partial charge in [-0.3, -0.25) is 34.2 Å². The number of carbonyl (C=O) groups is 5. The van der Waals surface area contributed by atoms with Gasteiger partial charge in [-0.1, -0.05) is 25.3 Å². The summed E-state index contributed by atoms with van der Waals surface area (Å²) in [6.07, 6.45) is 4.63. The molecule has 0 saturated carbocycles. The van der Waals surface area contributed by atoms with Gasteiger partial charge in [0.05, 0.1) is 11.1 Å². The zero-order chi connectivity index (χ0) is 21.7. The predicted octanol–water partition coefficient (Wildman–Crippen LogP) is 1.92. The minimum Gasteiger partial charge on any atom is -0.481 e. The first-order valence-electron chi connectivity index (χ1n) is 10.2. The number of piperidine rings is 1. The SMILES string of the molecule is O=C(O)CCCCCCCNc1cccc2c1C(=O)N(C1CCC(=O)NC1=O)C2=O. The molecule has 1 atom stereocenters. The summed E-state index contributed by atoms with van der Waals surface area (Å²) in [4.78, 5) is 60.7. The van der Waals surface area contributed by atoms with Gasteiger partial charge in [0.25, 0.3) is 11.8 Å². The minimum absolute atomic E-state index is 0.0847. The number of nitrogens with zero attached hydrogens (tertiary/aromatic N) is 1. The average molecular weight is 415 g/mol. The fourth-order valence-electron chi connectivity index (χ4n) is 3.82. The smallest absolute Gasteiger partial charge is 0.303 e. The number of rotatable bonds is 10. The van der Waals surface area contributed by atoms with E-state index in [-0.39, 0.29) is 30.4 Å². The second-order valence-electron chi connectivity index (χ2n) is 7.51. The molecule has 0 spiro atoms. The van der Waals surface area contributed by atoms with Gasteiger partial charge >= 0.3 is 5.97 Å². The van der Waals surface area contributed by atoms with Crippen LogP contribution in [0.4, 0.5) is 5.69 Å². The van der Waals surface area contributed by atoms with Gasteiger partial charge in [0.2, 0.25) is 11.8 Å². The van der Waals surface area contributed by atoms with Crippen molar-refractivity contribution in [2.45, 2.75) is 57.4 Å². The second kappa shape index (κ2) is 9.51. The fourth-order valence-corrected chi connectivity index (χ4v) is 3.82. The lowest BCUT2D eigenvalue weighted by atomic mass is 10.0. The van der Waals surface area contributed by atoms with Crippen LogP contribution in [0.1, 0.15) is 72.1 Å². The first-order chi connectivity index (χ1) is 14.4. The number of carboxylic acid groups (broad SMARTS) is 1. The molecule has 2 aliphatic rings. The van der Waals surface area contributed by atoms with Gasteiger partial charge in [0.15, 0.2) is 0 Å². The van der Waals surface area contributed by atoms with E-state index < -0.39 is 35.6 Å². The van der Waals surface area contributed by atoms with Crippen LogP contribution in [-0.4, -0.2) is 52.2 Å². The lowest BCUT2D eigenvalue weighted by molar-refractivity contribution is -0.138. The number of amides is 4. The van der Waals surface area contributed by atoms with Gasteiger partial charge < -0.3 is 10.4 Å². The predicted molar refractivity (Wildman–Crippen MR) is 107 cm³/mol. The number of hydrogen-bond donors (Lipinski definition) is 3. The van der Waals surface area contributed by atoms with Crippen molar-refractivity contribution in [3.05, 3.63) is 29.3 Å². The van der Waals surface area contributed by atoms with Crippen LogP contribution >= 0.6 is 0 Å². The molecule has 9 nitrogen and oxygen atoms in total. The van der Waals surface area contributed by atoms with Crippen molar-refractivity contribution in [2.75, 3.05) is 11.9 Å². The first kappa shape index (κ1) is 21.5. The van der Waals surface area contributed by atoms with Gasteiger partial charge in [-0.15, -0.1) is 0 Å². The lowest BCUT2D eigenvalue weighted by Crippen LogP contribution is -2.54. The van der Waals surface area contributed by atoms with E-state index >= 15 is 0 Å². The Hall–Kier alpha value is -3.23. The molecule has 2 heterocycles. The topological polar surface area (TPSA) is 133 Å². The lowest BCUT2D eigenvalue weighted by Gasteiger charge is -2.27. The number of carboxylic acids is 1. The summed E-state index contributed by atoms with van der Waals surface area (Å²) >= 11 is 0. The molecule has 0 aromatic heterocycles. The van der Waals surface area contributed by atoms with Gasteiger partial charge in [-0.05, 0) is 31.4 Å². The minimum atomic E-state index is -0.978. The Kier molecular flexibility index (Phi) is 6.81. The van der Waals surface area contributed by atoms with Gasteiger partial charge in [0.1, 0.15) is 6.04 Å². The maximum absolute atomic E-state index is 13.0. The maximum Gasteiger partial charge on any atom is 0.303 e. The molecule has 0 aliphatic carbocycles. The average Bonchev–Trinajstić information content (AvgIpc) is 2.95. The fraction of sp³-hybridized carbons (Fsp3) is 0.476. The number of hydrogen-bond acceptors (Lipinski definition) is 6. The van der Waals surface area contributed by atoms with Crippen molar-refractivity contribution in [1.29, 1.82) is 0 Å². The summed E-state index contributed by atoms with van der Waals surface area (Å²) in [7, 11) is 0. The molecular formula is C21H25N3O6. The summed E-state index contributed by atoms with van der Waals surface area (Å²) in [6.45, 7) is 0.606. The Morgan fingerprint density at radius 3 is 2.53 bits per heavy atom. The highest BCUT2D eigenvalue weighted by molar-refractivity contribution is 6.25. The highest BCUT2D eigenvalue weighted by Gasteiger charge is 2.45. The summed E-state index contributed by atoms with van der Waals surface area (Å²) in [5.74, 6) is -2.86. The Morgan fingerprint density at radius 1 is 1.07 bits per heavy atom. The van der Waals surface area contributed by atoms with Gasteiger partial charge in [-0.25, -0.2) is 0 Å². The van der Waals surface area contributed by atoms with Crippen molar-refractivity contribution < 1.29 is 29.1 Å². The van der Waals surface area contributed by atoms with E-state index in [1.54, 1.807) is 18.2 Å². The molecule has 160 valence electrons. The third-order valence-electron chi connectivity index (χ3n) is 5.35. The van der Waals surface area contributed by atoms with Crippen molar-refractivity contribution in [1.82, 2.24) is 10.2 Å². The van der Waals surface area contributed by atoms with E-state index in [0.29, 0.717) is 18.7 Å². The number of anilines is 1. The van der Waals surface area contributed by atoms with Gasteiger partial charge in [-0.2, -0.15) is 0 Å². The van der Waals surface area contributed by atoms with E-state index in [0.717, 1.165) is 30.6 Å². The van der Waals surface area contributed by atoms with Crippen LogP contribution < -0.4 is 10.6 Å². The molecule has 0 radical (unpaired) electrons. The van der Waals surface area contributed by atoms with Crippen LogP contribution in [0.5, 0.6) is 0 Å². The first-order valence-corrected chi connectivity index (χ1v) is 10.2. The number of aliphatic carboxylic acids is 1. The molecule has 9 heteroatoms. The molecule has 4 amide bonds.